The standard InChI is InChI=1S/C16H26N4O5/c1-4-16(3)14(23)20(15(24)17-16)18-12(21)10-19-8-6-11(7-9-19)13(22)25-5-2/h11H,4-10H2,1-3H3,(H,17,24)(H,18,21). The van der Waals surface area contributed by atoms with Crippen LogP contribution in [0.5, 0.6) is 0 Å². The number of urea groups is 1. The zero-order chi connectivity index (χ0) is 18.6. The first kappa shape index (κ1) is 19.2. The number of rotatable bonds is 6. The summed E-state index contributed by atoms with van der Waals surface area (Å²) in [6.45, 7) is 6.79. The Morgan fingerprint density at radius 3 is 2.44 bits per heavy atom. The topological polar surface area (TPSA) is 108 Å². The minimum absolute atomic E-state index is 0.0649. The van der Waals surface area contributed by atoms with E-state index in [0.717, 1.165) is 5.01 Å². The van der Waals surface area contributed by atoms with E-state index in [4.69, 9.17) is 4.74 Å². The van der Waals surface area contributed by atoms with E-state index in [1.807, 2.05) is 4.90 Å². The molecule has 140 valence electrons. The van der Waals surface area contributed by atoms with E-state index in [0.29, 0.717) is 39.0 Å². The summed E-state index contributed by atoms with van der Waals surface area (Å²) in [4.78, 5) is 49.9. The maximum absolute atomic E-state index is 12.2. The number of amides is 4. The van der Waals surface area contributed by atoms with Gasteiger partial charge < -0.3 is 10.1 Å². The smallest absolute Gasteiger partial charge is 0.344 e. The second-order valence-electron chi connectivity index (χ2n) is 6.59. The quantitative estimate of drug-likeness (QED) is 0.514. The molecule has 25 heavy (non-hydrogen) atoms. The van der Waals surface area contributed by atoms with Crippen LogP contribution in [0.15, 0.2) is 0 Å². The zero-order valence-corrected chi connectivity index (χ0v) is 15.0. The fourth-order valence-corrected chi connectivity index (χ4v) is 2.98. The fraction of sp³-hybridized carbons (Fsp3) is 0.750. The maximum atomic E-state index is 12.2. The van der Waals surface area contributed by atoms with Crippen LogP contribution in [0, 0.1) is 5.92 Å². The third-order valence-corrected chi connectivity index (χ3v) is 4.78. The summed E-state index contributed by atoms with van der Waals surface area (Å²) in [6, 6.07) is -0.622. The number of piperidine rings is 1. The van der Waals surface area contributed by atoms with Gasteiger partial charge in [0.25, 0.3) is 11.8 Å². The number of carbonyl (C=O) groups excluding carboxylic acids is 4. The molecule has 9 heteroatoms. The van der Waals surface area contributed by atoms with E-state index in [1.54, 1.807) is 20.8 Å². The molecular formula is C16H26N4O5. The second kappa shape index (κ2) is 7.81. The number of ether oxygens (including phenoxy) is 1. The molecular weight excluding hydrogens is 328 g/mol. The molecule has 1 atom stereocenters. The number of nitrogens with one attached hydrogen (secondary N) is 2. The van der Waals surface area contributed by atoms with Crippen molar-refractivity contribution in [1.29, 1.82) is 0 Å². The van der Waals surface area contributed by atoms with Gasteiger partial charge in [-0.15, -0.1) is 0 Å². The Labute approximate surface area is 147 Å². The number of hydrogen-bond donors (Lipinski definition) is 2. The average Bonchev–Trinajstić information content (AvgIpc) is 2.79. The lowest BCUT2D eigenvalue weighted by Crippen LogP contribution is -2.52. The minimum Gasteiger partial charge on any atom is -0.466 e. The van der Waals surface area contributed by atoms with Crippen molar-refractivity contribution in [3.05, 3.63) is 0 Å². The van der Waals surface area contributed by atoms with Crippen LogP contribution in [0.3, 0.4) is 0 Å². The molecule has 0 aliphatic carbocycles. The Hall–Kier alpha value is -2.16. The van der Waals surface area contributed by atoms with E-state index in [2.05, 4.69) is 10.7 Å². The van der Waals surface area contributed by atoms with Gasteiger partial charge in [0.1, 0.15) is 5.54 Å². The third kappa shape index (κ3) is 4.28. The molecule has 0 saturated carbocycles. The Morgan fingerprint density at radius 2 is 1.92 bits per heavy atom. The van der Waals surface area contributed by atoms with E-state index >= 15 is 0 Å². The number of esters is 1. The monoisotopic (exact) mass is 354 g/mol. The SMILES string of the molecule is CCOC(=O)C1CCN(CC(=O)NN2C(=O)NC(C)(CC)C2=O)CC1. The van der Waals surface area contributed by atoms with Crippen LogP contribution in [0.4, 0.5) is 4.79 Å². The molecule has 2 rings (SSSR count). The summed E-state index contributed by atoms with van der Waals surface area (Å²) in [5.41, 5.74) is 1.39. The van der Waals surface area contributed by atoms with E-state index in [9.17, 15) is 19.2 Å². The highest BCUT2D eigenvalue weighted by molar-refractivity contribution is 6.07. The van der Waals surface area contributed by atoms with Crippen LogP contribution in [0.2, 0.25) is 0 Å². The van der Waals surface area contributed by atoms with Gasteiger partial charge in [0.15, 0.2) is 0 Å². The summed E-state index contributed by atoms with van der Waals surface area (Å²) >= 11 is 0. The van der Waals surface area contributed by atoms with Crippen LogP contribution >= 0.6 is 0 Å². The predicted octanol–water partition coefficient (Wildman–Crippen LogP) is 0.0132. The van der Waals surface area contributed by atoms with Crippen molar-refractivity contribution >= 4 is 23.8 Å². The highest BCUT2D eigenvalue weighted by atomic mass is 16.5. The van der Waals surface area contributed by atoms with Gasteiger partial charge in [-0.1, -0.05) is 6.92 Å². The molecule has 2 heterocycles. The molecule has 0 aromatic carbocycles. The lowest BCUT2D eigenvalue weighted by molar-refractivity contribution is -0.149. The van der Waals surface area contributed by atoms with Gasteiger partial charge in [0, 0.05) is 0 Å². The van der Waals surface area contributed by atoms with Gasteiger partial charge in [0.05, 0.1) is 19.1 Å². The number of carbonyl (C=O) groups is 4. The van der Waals surface area contributed by atoms with E-state index in [1.165, 1.54) is 0 Å². The van der Waals surface area contributed by atoms with Gasteiger partial charge in [-0.3, -0.25) is 24.7 Å². The summed E-state index contributed by atoms with van der Waals surface area (Å²) in [6.07, 6.45) is 1.69. The second-order valence-corrected chi connectivity index (χ2v) is 6.59. The lowest BCUT2D eigenvalue weighted by Gasteiger charge is -2.30. The highest BCUT2D eigenvalue weighted by Gasteiger charge is 2.47. The Morgan fingerprint density at radius 1 is 1.28 bits per heavy atom. The van der Waals surface area contributed by atoms with Gasteiger partial charge in [-0.25, -0.2) is 4.79 Å². The van der Waals surface area contributed by atoms with Crippen molar-refractivity contribution < 1.29 is 23.9 Å². The molecule has 2 aliphatic heterocycles. The molecule has 4 amide bonds. The number of imide groups is 1. The number of likely N-dealkylation sites (tertiary alicyclic amines) is 1. The molecule has 1 unspecified atom stereocenters. The predicted molar refractivity (Wildman–Crippen MR) is 88.0 cm³/mol. The molecule has 2 N–H and O–H groups in total. The average molecular weight is 354 g/mol. The minimum atomic E-state index is -0.984. The van der Waals surface area contributed by atoms with Crippen molar-refractivity contribution in [2.75, 3.05) is 26.2 Å². The van der Waals surface area contributed by atoms with Crippen molar-refractivity contribution in [2.24, 2.45) is 5.92 Å². The summed E-state index contributed by atoms with van der Waals surface area (Å²) in [5, 5.41) is 3.32. The first-order valence-electron chi connectivity index (χ1n) is 8.66. The Balaban J connectivity index is 1.81. The van der Waals surface area contributed by atoms with Crippen molar-refractivity contribution in [1.82, 2.24) is 20.7 Å². The van der Waals surface area contributed by atoms with Crippen LogP contribution < -0.4 is 10.7 Å². The first-order chi connectivity index (χ1) is 11.8. The largest absolute Gasteiger partial charge is 0.466 e. The molecule has 0 aromatic heterocycles. The fourth-order valence-electron chi connectivity index (χ4n) is 2.98. The Kier molecular flexibility index (Phi) is 5.99. The maximum Gasteiger partial charge on any atom is 0.344 e. The molecule has 0 radical (unpaired) electrons. The molecule has 2 aliphatic rings. The molecule has 2 fully saturated rings. The number of nitrogens with zero attached hydrogens (tertiary/aromatic N) is 2. The normalized spacial score (nSPS) is 25.0. The third-order valence-electron chi connectivity index (χ3n) is 4.78. The van der Waals surface area contributed by atoms with Crippen molar-refractivity contribution in [2.45, 2.75) is 45.6 Å². The first-order valence-corrected chi connectivity index (χ1v) is 8.66. The summed E-state index contributed by atoms with van der Waals surface area (Å²) in [7, 11) is 0. The number of hydrazine groups is 1. The molecule has 0 aromatic rings. The van der Waals surface area contributed by atoms with Crippen LogP contribution in [-0.2, 0) is 19.1 Å². The van der Waals surface area contributed by atoms with Gasteiger partial charge >= 0.3 is 12.0 Å². The Bertz CT molecular complexity index is 559. The summed E-state index contributed by atoms with van der Waals surface area (Å²) in [5.74, 6) is -1.21. The zero-order valence-electron chi connectivity index (χ0n) is 15.0. The summed E-state index contributed by atoms with van der Waals surface area (Å²) < 4.78 is 5.01. The van der Waals surface area contributed by atoms with E-state index < -0.39 is 23.4 Å². The van der Waals surface area contributed by atoms with Crippen molar-refractivity contribution in [3.8, 4) is 0 Å². The van der Waals surface area contributed by atoms with E-state index in [-0.39, 0.29) is 18.4 Å². The molecule has 0 spiro atoms. The number of hydrogen-bond acceptors (Lipinski definition) is 6. The van der Waals surface area contributed by atoms with Crippen LogP contribution in [0.1, 0.15) is 40.0 Å². The molecule has 2 saturated heterocycles. The van der Waals surface area contributed by atoms with Gasteiger partial charge in [-0.05, 0) is 46.2 Å². The van der Waals surface area contributed by atoms with Crippen molar-refractivity contribution in [3.63, 3.8) is 0 Å². The van der Waals surface area contributed by atoms with Crippen LogP contribution in [0.25, 0.3) is 0 Å². The van der Waals surface area contributed by atoms with Crippen LogP contribution in [-0.4, -0.2) is 65.5 Å². The highest BCUT2D eigenvalue weighted by Crippen LogP contribution is 2.20. The molecule has 9 nitrogen and oxygen atoms in total. The van der Waals surface area contributed by atoms with Gasteiger partial charge in [0.2, 0.25) is 0 Å². The molecule has 0 bridgehead atoms. The lowest BCUT2D eigenvalue weighted by atomic mass is 9.97. The van der Waals surface area contributed by atoms with Gasteiger partial charge in [-0.2, -0.15) is 5.01 Å².